The minimum atomic E-state index is -0.0536. The highest BCUT2D eigenvalue weighted by atomic mass is 16.5. The van der Waals surface area contributed by atoms with E-state index in [0.29, 0.717) is 51.2 Å². The smallest absolute Gasteiger partial charge is 0.243 e. The summed E-state index contributed by atoms with van der Waals surface area (Å²) >= 11 is 0. The Hall–Kier alpha value is -2.20. The first-order valence-corrected chi connectivity index (χ1v) is 6.72. The van der Waals surface area contributed by atoms with E-state index in [2.05, 4.69) is 31.0 Å². The normalized spacial score (nSPS) is 14.7. The molecule has 0 radical (unpaired) electrons. The first kappa shape index (κ1) is 15.2. The van der Waals surface area contributed by atoms with Gasteiger partial charge < -0.3 is 20.3 Å². The molecule has 2 rings (SSSR count). The molecule has 1 saturated heterocycles. The van der Waals surface area contributed by atoms with Gasteiger partial charge in [-0.3, -0.25) is 10.2 Å². The quantitative estimate of drug-likeness (QED) is 0.367. The molecule has 10 heteroatoms. The van der Waals surface area contributed by atoms with Crippen LogP contribution in [-0.2, 0) is 9.53 Å². The number of nitrogen functional groups attached to an aromatic ring is 1. The third-order valence-corrected chi connectivity index (χ3v) is 2.96. The minimum absolute atomic E-state index is 0.0536. The number of morpholine rings is 1. The molecule has 0 bridgehead atoms. The number of aromatic nitrogens is 3. The molecule has 0 saturated carbocycles. The Morgan fingerprint density at radius 3 is 2.67 bits per heavy atom. The molecule has 5 N–H and O–H groups in total. The van der Waals surface area contributed by atoms with Crippen LogP contribution < -0.4 is 26.8 Å². The van der Waals surface area contributed by atoms with Gasteiger partial charge in [0.15, 0.2) is 0 Å². The summed E-state index contributed by atoms with van der Waals surface area (Å²) in [5.41, 5.74) is 2.42. The molecule has 0 aromatic carbocycles. The number of carbonyl (C=O) groups is 1. The van der Waals surface area contributed by atoms with Gasteiger partial charge in [-0.1, -0.05) is 0 Å². The van der Waals surface area contributed by atoms with Crippen molar-refractivity contribution in [1.82, 2.24) is 20.3 Å². The third kappa shape index (κ3) is 4.39. The molecule has 0 aliphatic carbocycles. The summed E-state index contributed by atoms with van der Waals surface area (Å²) in [6.45, 7) is 3.13. The Kier molecular flexibility index (Phi) is 5.46. The van der Waals surface area contributed by atoms with Crippen LogP contribution in [0.1, 0.15) is 6.42 Å². The lowest BCUT2D eigenvalue weighted by molar-refractivity contribution is -0.120. The molecule has 1 aromatic heterocycles. The molecule has 1 aliphatic heterocycles. The van der Waals surface area contributed by atoms with Crippen molar-refractivity contribution in [2.75, 3.05) is 55.5 Å². The second-order valence-electron chi connectivity index (χ2n) is 4.38. The zero-order chi connectivity index (χ0) is 15.1. The fourth-order valence-corrected chi connectivity index (χ4v) is 1.83. The lowest BCUT2D eigenvalue weighted by atomic mass is 10.4. The van der Waals surface area contributed by atoms with Gasteiger partial charge in [0.05, 0.1) is 13.2 Å². The fraction of sp³-hybridized carbons (Fsp3) is 0.636. The molecule has 21 heavy (non-hydrogen) atoms. The molecule has 2 heterocycles. The summed E-state index contributed by atoms with van der Waals surface area (Å²) < 4.78 is 5.30. The van der Waals surface area contributed by atoms with Crippen molar-refractivity contribution in [3.8, 4) is 0 Å². The maximum atomic E-state index is 11.2. The highest BCUT2D eigenvalue weighted by Crippen LogP contribution is 2.14. The molecule has 0 atom stereocenters. The summed E-state index contributed by atoms with van der Waals surface area (Å²) in [5.74, 6) is 6.51. The molecule has 0 spiro atoms. The van der Waals surface area contributed by atoms with Gasteiger partial charge in [0.1, 0.15) is 0 Å². The number of hydrazine groups is 1. The number of anilines is 3. The van der Waals surface area contributed by atoms with E-state index < -0.39 is 0 Å². The van der Waals surface area contributed by atoms with Crippen LogP contribution in [0.25, 0.3) is 0 Å². The molecule has 1 aromatic rings. The highest BCUT2D eigenvalue weighted by molar-refractivity contribution is 5.75. The number of hydrogen-bond acceptors (Lipinski definition) is 9. The molecule has 1 aliphatic rings. The molecule has 1 amide bonds. The van der Waals surface area contributed by atoms with Crippen LogP contribution in [0.5, 0.6) is 0 Å². The van der Waals surface area contributed by atoms with Crippen LogP contribution >= 0.6 is 0 Å². The van der Waals surface area contributed by atoms with E-state index in [9.17, 15) is 4.79 Å². The van der Waals surface area contributed by atoms with Gasteiger partial charge in [0.25, 0.3) is 0 Å². The molecule has 0 unspecified atom stereocenters. The van der Waals surface area contributed by atoms with Crippen molar-refractivity contribution in [3.63, 3.8) is 0 Å². The van der Waals surface area contributed by atoms with Gasteiger partial charge in [-0.25, -0.2) is 5.84 Å². The van der Waals surface area contributed by atoms with Crippen LogP contribution in [0.3, 0.4) is 0 Å². The van der Waals surface area contributed by atoms with E-state index in [4.69, 9.17) is 10.6 Å². The summed E-state index contributed by atoms with van der Waals surface area (Å²) in [5, 5.41) is 5.54. The van der Waals surface area contributed by atoms with Crippen molar-refractivity contribution in [2.45, 2.75) is 6.42 Å². The monoisotopic (exact) mass is 296 g/mol. The third-order valence-electron chi connectivity index (χ3n) is 2.96. The van der Waals surface area contributed by atoms with Gasteiger partial charge in [-0.05, 0) is 0 Å². The van der Waals surface area contributed by atoms with E-state index in [1.165, 1.54) is 0 Å². The number of nitrogens with one attached hydrogen (secondary N) is 3. The average Bonchev–Trinajstić information content (AvgIpc) is 2.55. The van der Waals surface area contributed by atoms with Crippen molar-refractivity contribution in [1.29, 1.82) is 0 Å². The van der Waals surface area contributed by atoms with E-state index >= 15 is 0 Å². The van der Waals surface area contributed by atoms with Gasteiger partial charge in [-0.15, -0.1) is 0 Å². The van der Waals surface area contributed by atoms with Gasteiger partial charge >= 0.3 is 0 Å². The predicted molar refractivity (Wildman–Crippen MR) is 77.8 cm³/mol. The molecule has 10 nitrogen and oxygen atoms in total. The number of carbonyl (C=O) groups excluding carboxylic acids is 1. The van der Waals surface area contributed by atoms with Crippen molar-refractivity contribution in [3.05, 3.63) is 0 Å². The standard InChI is InChI=1S/C11H20N8O2/c1-13-8(20)2-3-14-9-15-10(18-12)17-11(16-9)19-4-6-21-7-5-19/h2-7,12H2,1H3,(H,13,20)(H2,14,15,16,17,18). The minimum Gasteiger partial charge on any atom is -0.378 e. The van der Waals surface area contributed by atoms with Gasteiger partial charge in [-0.2, -0.15) is 15.0 Å². The molecule has 1 fully saturated rings. The fourth-order valence-electron chi connectivity index (χ4n) is 1.83. The van der Waals surface area contributed by atoms with E-state index in [1.54, 1.807) is 7.05 Å². The largest absolute Gasteiger partial charge is 0.378 e. The van der Waals surface area contributed by atoms with Crippen LogP contribution in [0, 0.1) is 0 Å². The zero-order valence-electron chi connectivity index (χ0n) is 11.9. The van der Waals surface area contributed by atoms with E-state index in [0.717, 1.165) is 0 Å². The number of nitrogens with two attached hydrogens (primary N) is 1. The van der Waals surface area contributed by atoms with Gasteiger partial charge in [0, 0.05) is 33.1 Å². The molecule has 116 valence electrons. The molecular formula is C11H20N8O2. The zero-order valence-corrected chi connectivity index (χ0v) is 11.9. The maximum Gasteiger partial charge on any atom is 0.243 e. The summed E-state index contributed by atoms with van der Waals surface area (Å²) in [4.78, 5) is 25.9. The topological polar surface area (TPSA) is 130 Å². The SMILES string of the molecule is CNC(=O)CCNc1nc(NN)nc(N2CCOCC2)n1. The van der Waals surface area contributed by atoms with Crippen molar-refractivity contribution < 1.29 is 9.53 Å². The van der Waals surface area contributed by atoms with Crippen LogP contribution in [-0.4, -0.2) is 60.8 Å². The van der Waals surface area contributed by atoms with Crippen LogP contribution in [0.4, 0.5) is 17.8 Å². The first-order valence-electron chi connectivity index (χ1n) is 6.72. The maximum absolute atomic E-state index is 11.2. The Morgan fingerprint density at radius 1 is 1.29 bits per heavy atom. The Balaban J connectivity index is 2.04. The van der Waals surface area contributed by atoms with Crippen molar-refractivity contribution >= 4 is 23.8 Å². The molecular weight excluding hydrogens is 276 g/mol. The summed E-state index contributed by atoms with van der Waals surface area (Å²) in [7, 11) is 1.60. The number of hydrogen-bond donors (Lipinski definition) is 4. The average molecular weight is 296 g/mol. The first-order chi connectivity index (χ1) is 10.2. The number of amides is 1. The van der Waals surface area contributed by atoms with Crippen LogP contribution in [0.15, 0.2) is 0 Å². The summed E-state index contributed by atoms with van der Waals surface area (Å²) in [6, 6.07) is 0. The highest BCUT2D eigenvalue weighted by Gasteiger charge is 2.16. The van der Waals surface area contributed by atoms with Gasteiger partial charge in [0.2, 0.25) is 23.8 Å². The van der Waals surface area contributed by atoms with E-state index in [-0.39, 0.29) is 11.9 Å². The predicted octanol–water partition coefficient (Wildman–Crippen LogP) is -1.46. The van der Waals surface area contributed by atoms with Crippen LogP contribution in [0.2, 0.25) is 0 Å². The number of rotatable bonds is 6. The Bertz CT molecular complexity index is 477. The second-order valence-corrected chi connectivity index (χ2v) is 4.38. The lowest BCUT2D eigenvalue weighted by Crippen LogP contribution is -2.37. The Morgan fingerprint density at radius 2 is 2.00 bits per heavy atom. The summed E-state index contributed by atoms with van der Waals surface area (Å²) in [6.07, 6.45) is 0.334. The number of ether oxygens (including phenoxy) is 1. The second kappa shape index (κ2) is 7.55. The number of nitrogens with zero attached hydrogens (tertiary/aromatic N) is 4. The Labute approximate surface area is 122 Å². The van der Waals surface area contributed by atoms with Crippen molar-refractivity contribution in [2.24, 2.45) is 5.84 Å². The van der Waals surface area contributed by atoms with E-state index in [1.807, 2.05) is 4.90 Å². The lowest BCUT2D eigenvalue weighted by Gasteiger charge is -2.27.